The number of hydrogen-bond acceptors (Lipinski definition) is 8. The number of para-hydroxylation sites is 1. The lowest BCUT2D eigenvalue weighted by molar-refractivity contribution is -0.307. The number of thiazole rings is 1. The molecule has 8 nitrogen and oxygen atoms in total. The van der Waals surface area contributed by atoms with Crippen molar-refractivity contribution in [2.45, 2.75) is 51.6 Å². The molecule has 0 aliphatic heterocycles. The van der Waals surface area contributed by atoms with Crippen molar-refractivity contribution in [1.82, 2.24) is 4.98 Å². The van der Waals surface area contributed by atoms with Gasteiger partial charge in [0.15, 0.2) is 11.7 Å². The molecule has 33 heavy (non-hydrogen) atoms. The van der Waals surface area contributed by atoms with E-state index in [1.54, 1.807) is 12.1 Å². The Labute approximate surface area is 196 Å². The minimum atomic E-state index is -1.17. The van der Waals surface area contributed by atoms with E-state index in [9.17, 15) is 24.9 Å². The molecule has 0 bridgehead atoms. The lowest BCUT2D eigenvalue weighted by Gasteiger charge is -2.58. The fourth-order valence-electron chi connectivity index (χ4n) is 5.69. The first-order valence-corrected chi connectivity index (χ1v) is 11.9. The van der Waals surface area contributed by atoms with E-state index < -0.39 is 28.8 Å². The Bertz CT molecular complexity index is 1030. The second-order valence-electron chi connectivity index (χ2n) is 9.59. The van der Waals surface area contributed by atoms with Crippen molar-refractivity contribution < 1.29 is 29.6 Å². The number of aliphatic hydroxyl groups is 2. The van der Waals surface area contributed by atoms with E-state index in [1.165, 1.54) is 11.3 Å². The largest absolute Gasteiger partial charge is 0.550 e. The molecule has 1 amide bonds. The first-order valence-electron chi connectivity index (χ1n) is 11.1. The molecule has 1 aromatic carbocycles. The van der Waals surface area contributed by atoms with Gasteiger partial charge in [0.1, 0.15) is 5.75 Å². The van der Waals surface area contributed by atoms with E-state index >= 15 is 0 Å². The van der Waals surface area contributed by atoms with Crippen LogP contribution in [0.4, 0.5) is 5.13 Å². The number of hydrogen-bond donors (Lipinski definition) is 3. The van der Waals surface area contributed by atoms with E-state index in [-0.39, 0.29) is 31.5 Å². The highest BCUT2D eigenvalue weighted by Gasteiger charge is 2.58. The summed E-state index contributed by atoms with van der Waals surface area (Å²) in [7, 11) is 0. The van der Waals surface area contributed by atoms with Crippen LogP contribution in [0.2, 0.25) is 0 Å². The maximum Gasteiger partial charge on any atom is 0.264 e. The van der Waals surface area contributed by atoms with Gasteiger partial charge in [-0.2, -0.15) is 0 Å². The predicted molar refractivity (Wildman–Crippen MR) is 121 cm³/mol. The van der Waals surface area contributed by atoms with Crippen molar-refractivity contribution in [3.63, 3.8) is 0 Å². The van der Waals surface area contributed by atoms with Gasteiger partial charge in [0.2, 0.25) is 0 Å². The Morgan fingerprint density at radius 1 is 1.30 bits per heavy atom. The molecule has 3 N–H and O–H groups in total. The topological polar surface area (TPSA) is 132 Å². The molecule has 0 radical (unpaired) electrons. The van der Waals surface area contributed by atoms with Crippen LogP contribution in [0.1, 0.15) is 49.6 Å². The number of benzene rings is 1. The number of carbonyl (C=O) groups is 2. The lowest BCUT2D eigenvalue weighted by Crippen LogP contribution is -2.57. The van der Waals surface area contributed by atoms with E-state index in [1.807, 2.05) is 32.0 Å². The van der Waals surface area contributed by atoms with Crippen molar-refractivity contribution in [3.8, 4) is 5.75 Å². The number of carbonyl (C=O) groups excluding carboxylic acids is 2. The molecule has 0 spiro atoms. The number of rotatable bonds is 7. The first kappa shape index (κ1) is 23.7. The molecule has 2 aliphatic rings. The third-order valence-corrected chi connectivity index (χ3v) is 8.63. The Morgan fingerprint density at radius 3 is 2.70 bits per heavy atom. The van der Waals surface area contributed by atoms with Gasteiger partial charge in [0.05, 0.1) is 18.4 Å². The smallest absolute Gasteiger partial charge is 0.264 e. The quantitative estimate of drug-likeness (QED) is 0.558. The summed E-state index contributed by atoms with van der Waals surface area (Å²) in [5.74, 6) is -1.52. The molecule has 2 aromatic rings. The highest BCUT2D eigenvalue weighted by Crippen LogP contribution is 2.62. The van der Waals surface area contributed by atoms with Crippen molar-refractivity contribution in [3.05, 3.63) is 40.9 Å². The van der Waals surface area contributed by atoms with Gasteiger partial charge in [-0.15, -0.1) is 11.3 Å². The fraction of sp³-hybridized carbons (Fsp3) is 0.542. The Balaban J connectivity index is 1.59. The van der Waals surface area contributed by atoms with E-state index in [4.69, 9.17) is 4.74 Å². The summed E-state index contributed by atoms with van der Waals surface area (Å²) >= 11 is 1.31. The number of nitrogens with one attached hydrogen (secondary N) is 1. The van der Waals surface area contributed by atoms with E-state index in [0.717, 1.165) is 4.88 Å². The van der Waals surface area contributed by atoms with Crippen LogP contribution in [0.25, 0.3) is 0 Å². The Hall–Kier alpha value is -2.49. The molecule has 178 valence electrons. The SMILES string of the molecule is C[C@]1(CO)[C@H]2Cc3sc(NC(=O)COc4ccccc4)nc3[C@@H](CC(=O)[O-])[C@]2(C)CC[C@H]1O. The second kappa shape index (κ2) is 9.04. The van der Waals surface area contributed by atoms with Crippen molar-refractivity contribution in [2.75, 3.05) is 18.5 Å². The molecule has 0 unspecified atom stereocenters. The second-order valence-corrected chi connectivity index (χ2v) is 10.7. The molecule has 4 rings (SSSR count). The minimum Gasteiger partial charge on any atom is -0.550 e. The Morgan fingerprint density at radius 2 is 2.03 bits per heavy atom. The molecule has 1 saturated carbocycles. The van der Waals surface area contributed by atoms with E-state index in [0.29, 0.717) is 35.8 Å². The van der Waals surface area contributed by atoms with Gasteiger partial charge in [-0.05, 0) is 49.1 Å². The van der Waals surface area contributed by atoms with Crippen LogP contribution in [0, 0.1) is 16.7 Å². The van der Waals surface area contributed by atoms with Crippen LogP contribution in [0.3, 0.4) is 0 Å². The maximum atomic E-state index is 12.4. The standard InChI is InChI=1S/C24H30N2O6S/c1-23-9-8-18(28)24(2,13-27)17(23)11-16-21(15(23)10-20(30)31)26-22(33-16)25-19(29)12-32-14-6-4-3-5-7-14/h3-7,15,17-18,27-28H,8-13H2,1-2H3,(H,30,31)(H,25,26,29)/p-1/t15-,17+,18-,23+,24+/m1/s1. The monoisotopic (exact) mass is 473 g/mol. The number of aromatic nitrogens is 1. The number of carboxylic acid groups (broad SMARTS) is 1. The van der Waals surface area contributed by atoms with Gasteiger partial charge >= 0.3 is 0 Å². The number of carboxylic acids is 1. The third kappa shape index (κ3) is 4.37. The zero-order valence-corrected chi connectivity index (χ0v) is 19.6. The molecule has 0 saturated heterocycles. The number of aliphatic carboxylic acids is 1. The summed E-state index contributed by atoms with van der Waals surface area (Å²) < 4.78 is 5.49. The Kier molecular flexibility index (Phi) is 6.48. The zero-order chi connectivity index (χ0) is 23.8. The van der Waals surface area contributed by atoms with Crippen LogP contribution >= 0.6 is 11.3 Å². The normalized spacial score (nSPS) is 30.7. The number of aliphatic hydroxyl groups excluding tert-OH is 2. The van der Waals surface area contributed by atoms with Crippen LogP contribution in [0.5, 0.6) is 5.75 Å². The zero-order valence-electron chi connectivity index (χ0n) is 18.7. The minimum absolute atomic E-state index is 0.138. The van der Waals surface area contributed by atoms with Crippen molar-refractivity contribution in [2.24, 2.45) is 16.7 Å². The summed E-state index contributed by atoms with van der Waals surface area (Å²) in [6.45, 7) is 3.53. The number of anilines is 1. The molecule has 9 heteroatoms. The summed E-state index contributed by atoms with van der Waals surface area (Å²) in [5, 5.41) is 35.7. The molecular formula is C24H29N2O6S-. The van der Waals surface area contributed by atoms with Crippen LogP contribution < -0.4 is 15.2 Å². The molecular weight excluding hydrogens is 444 g/mol. The summed E-state index contributed by atoms with van der Waals surface area (Å²) in [6, 6.07) is 9.01. The van der Waals surface area contributed by atoms with Crippen LogP contribution in [-0.2, 0) is 16.0 Å². The predicted octanol–water partition coefficient (Wildman–Crippen LogP) is 1.72. The molecule has 1 heterocycles. The van der Waals surface area contributed by atoms with Gasteiger partial charge in [0, 0.05) is 22.2 Å². The van der Waals surface area contributed by atoms with Gasteiger partial charge in [-0.25, -0.2) is 4.98 Å². The van der Waals surface area contributed by atoms with Crippen LogP contribution in [0.15, 0.2) is 30.3 Å². The highest BCUT2D eigenvalue weighted by atomic mass is 32.1. The van der Waals surface area contributed by atoms with E-state index in [2.05, 4.69) is 10.3 Å². The molecule has 5 atom stereocenters. The molecule has 1 fully saturated rings. The highest BCUT2D eigenvalue weighted by molar-refractivity contribution is 7.15. The van der Waals surface area contributed by atoms with Crippen molar-refractivity contribution >= 4 is 28.3 Å². The number of nitrogens with zero attached hydrogens (tertiary/aromatic N) is 1. The fourth-order valence-corrected chi connectivity index (χ4v) is 6.77. The average Bonchev–Trinajstić information content (AvgIpc) is 3.19. The summed E-state index contributed by atoms with van der Waals surface area (Å²) in [5.41, 5.74) is -0.569. The average molecular weight is 474 g/mol. The summed E-state index contributed by atoms with van der Waals surface area (Å²) in [6.07, 6.45) is 0.778. The third-order valence-electron chi connectivity index (χ3n) is 7.62. The van der Waals surface area contributed by atoms with Gasteiger partial charge in [-0.1, -0.05) is 32.0 Å². The lowest BCUT2D eigenvalue weighted by atomic mass is 9.47. The first-order chi connectivity index (χ1) is 15.7. The molecule has 1 aromatic heterocycles. The van der Waals surface area contributed by atoms with Gasteiger partial charge < -0.3 is 24.9 Å². The van der Waals surface area contributed by atoms with Gasteiger partial charge in [0.25, 0.3) is 5.91 Å². The number of amides is 1. The van der Waals surface area contributed by atoms with Gasteiger partial charge in [-0.3, -0.25) is 10.1 Å². The maximum absolute atomic E-state index is 12.4. The van der Waals surface area contributed by atoms with Crippen LogP contribution in [-0.4, -0.2) is 46.4 Å². The summed E-state index contributed by atoms with van der Waals surface area (Å²) in [4.78, 5) is 29.6. The van der Waals surface area contributed by atoms with Crippen molar-refractivity contribution in [1.29, 1.82) is 0 Å². The number of ether oxygens (including phenoxy) is 1. The molecule has 2 aliphatic carbocycles. The number of fused-ring (bicyclic) bond motifs is 2.